The minimum absolute atomic E-state index is 0.0635. The molecule has 0 radical (unpaired) electrons. The first kappa shape index (κ1) is 15.9. The van der Waals surface area contributed by atoms with Crippen LogP contribution in [0.4, 0.5) is 15.8 Å². The van der Waals surface area contributed by atoms with Crippen LogP contribution in [0.2, 0.25) is 0 Å². The molecule has 1 N–H and O–H groups in total. The Morgan fingerprint density at radius 1 is 1.32 bits per heavy atom. The van der Waals surface area contributed by atoms with Crippen LogP contribution in [0.5, 0.6) is 5.75 Å². The van der Waals surface area contributed by atoms with Gasteiger partial charge in [0.15, 0.2) is 0 Å². The average molecular weight is 369 g/mol. The van der Waals surface area contributed by atoms with Crippen molar-refractivity contribution in [1.29, 1.82) is 0 Å². The molecule has 0 saturated carbocycles. The maximum absolute atomic E-state index is 13.2. The molecule has 2 aromatic rings. The average Bonchev–Trinajstić information content (AvgIpc) is 2.49. The molecule has 0 heterocycles. The van der Waals surface area contributed by atoms with Crippen molar-refractivity contribution in [3.05, 3.63) is 62.4 Å². The second-order valence-electron chi connectivity index (χ2n) is 4.22. The topological polar surface area (TPSA) is 81.5 Å². The summed E-state index contributed by atoms with van der Waals surface area (Å²) >= 11 is 3.15. The quantitative estimate of drug-likeness (QED) is 0.657. The summed E-state index contributed by atoms with van der Waals surface area (Å²) in [6.45, 7) is 0. The molecule has 1 amide bonds. The number of nitrogens with one attached hydrogen (secondary N) is 1. The minimum atomic E-state index is -0.620. The Hall–Kier alpha value is -2.48. The summed E-state index contributed by atoms with van der Waals surface area (Å²) < 4.78 is 18.7. The first-order valence-electron chi connectivity index (χ1n) is 6.01. The van der Waals surface area contributed by atoms with E-state index < -0.39 is 16.6 Å². The van der Waals surface area contributed by atoms with E-state index in [4.69, 9.17) is 4.74 Å². The van der Waals surface area contributed by atoms with Crippen LogP contribution in [0.3, 0.4) is 0 Å². The number of non-ortho nitro benzene ring substituents is 1. The number of ether oxygens (including phenoxy) is 1. The van der Waals surface area contributed by atoms with Crippen LogP contribution in [-0.2, 0) is 0 Å². The van der Waals surface area contributed by atoms with Crippen molar-refractivity contribution in [3.63, 3.8) is 0 Å². The van der Waals surface area contributed by atoms with E-state index in [9.17, 15) is 19.3 Å². The standard InChI is InChI=1S/C14H10BrFN2O4/c1-22-13-5-3-9(18(20)21)7-12(13)17-14(19)10-6-8(16)2-4-11(10)15/h2-7H,1H3,(H,17,19). The predicted molar refractivity (Wildman–Crippen MR) is 81.7 cm³/mol. The maximum atomic E-state index is 13.2. The largest absolute Gasteiger partial charge is 0.495 e. The number of nitro benzene ring substituents is 1. The Balaban J connectivity index is 2.36. The molecule has 0 bridgehead atoms. The highest BCUT2D eigenvalue weighted by Crippen LogP contribution is 2.30. The van der Waals surface area contributed by atoms with Crippen LogP contribution in [0.25, 0.3) is 0 Å². The van der Waals surface area contributed by atoms with Gasteiger partial charge in [-0.05, 0) is 40.2 Å². The number of nitro groups is 1. The zero-order valence-electron chi connectivity index (χ0n) is 11.3. The fourth-order valence-electron chi connectivity index (χ4n) is 1.77. The molecule has 0 aliphatic heterocycles. The first-order chi connectivity index (χ1) is 10.4. The van der Waals surface area contributed by atoms with Gasteiger partial charge >= 0.3 is 0 Å². The summed E-state index contributed by atoms with van der Waals surface area (Å²) in [6.07, 6.45) is 0. The zero-order valence-corrected chi connectivity index (χ0v) is 12.9. The molecule has 2 aromatic carbocycles. The number of nitrogens with zero attached hydrogens (tertiary/aromatic N) is 1. The number of halogens is 2. The Labute approximate surface area is 133 Å². The third-order valence-electron chi connectivity index (χ3n) is 2.82. The van der Waals surface area contributed by atoms with Gasteiger partial charge in [-0.3, -0.25) is 14.9 Å². The summed E-state index contributed by atoms with van der Waals surface area (Å²) in [5.74, 6) is -0.934. The molecule has 0 atom stereocenters. The number of amides is 1. The second-order valence-corrected chi connectivity index (χ2v) is 5.07. The Morgan fingerprint density at radius 2 is 2.05 bits per heavy atom. The van der Waals surface area contributed by atoms with Gasteiger partial charge in [-0.15, -0.1) is 0 Å². The molecule has 22 heavy (non-hydrogen) atoms. The van der Waals surface area contributed by atoms with Crippen LogP contribution in [0.15, 0.2) is 40.9 Å². The fourth-order valence-corrected chi connectivity index (χ4v) is 2.20. The van der Waals surface area contributed by atoms with Crippen molar-refractivity contribution in [3.8, 4) is 5.75 Å². The lowest BCUT2D eigenvalue weighted by Gasteiger charge is -2.11. The third-order valence-corrected chi connectivity index (χ3v) is 3.51. The van der Waals surface area contributed by atoms with Gasteiger partial charge < -0.3 is 10.1 Å². The molecule has 0 saturated heterocycles. The predicted octanol–water partition coefficient (Wildman–Crippen LogP) is 3.76. The van der Waals surface area contributed by atoms with Crippen molar-refractivity contribution >= 4 is 33.2 Å². The van der Waals surface area contributed by atoms with E-state index in [0.717, 1.165) is 6.07 Å². The summed E-state index contributed by atoms with van der Waals surface area (Å²) in [4.78, 5) is 22.4. The molecule has 0 aliphatic carbocycles. The lowest BCUT2D eigenvalue weighted by Crippen LogP contribution is -2.14. The van der Waals surface area contributed by atoms with Crippen LogP contribution in [0, 0.1) is 15.9 Å². The molecule has 114 valence electrons. The highest BCUT2D eigenvalue weighted by Gasteiger charge is 2.16. The number of hydrogen-bond donors (Lipinski definition) is 1. The van der Waals surface area contributed by atoms with Crippen LogP contribution < -0.4 is 10.1 Å². The first-order valence-corrected chi connectivity index (χ1v) is 6.80. The van der Waals surface area contributed by atoms with Crippen molar-refractivity contribution < 1.29 is 18.8 Å². The normalized spacial score (nSPS) is 10.1. The van der Waals surface area contributed by atoms with E-state index in [1.54, 1.807) is 0 Å². The summed E-state index contributed by atoms with van der Waals surface area (Å²) in [6, 6.07) is 7.46. The van der Waals surface area contributed by atoms with Gasteiger partial charge in [-0.2, -0.15) is 0 Å². The molecule has 6 nitrogen and oxygen atoms in total. The van der Waals surface area contributed by atoms with Crippen LogP contribution in [0.1, 0.15) is 10.4 Å². The highest BCUT2D eigenvalue weighted by atomic mass is 79.9. The lowest BCUT2D eigenvalue weighted by molar-refractivity contribution is -0.384. The fraction of sp³-hybridized carbons (Fsp3) is 0.0714. The van der Waals surface area contributed by atoms with E-state index in [2.05, 4.69) is 21.2 Å². The van der Waals surface area contributed by atoms with Gasteiger partial charge in [-0.25, -0.2) is 4.39 Å². The van der Waals surface area contributed by atoms with Gasteiger partial charge in [0.25, 0.3) is 11.6 Å². The van der Waals surface area contributed by atoms with Gasteiger partial charge in [0.2, 0.25) is 0 Å². The number of carbonyl (C=O) groups excluding carboxylic acids is 1. The Bertz CT molecular complexity index is 752. The molecule has 2 rings (SSSR count). The van der Waals surface area contributed by atoms with Crippen LogP contribution >= 0.6 is 15.9 Å². The summed E-state index contributed by atoms with van der Waals surface area (Å²) in [5.41, 5.74) is -0.0131. The van der Waals surface area contributed by atoms with Gasteiger partial charge in [0, 0.05) is 16.6 Å². The van der Waals surface area contributed by atoms with E-state index in [1.807, 2.05) is 0 Å². The molecular formula is C14H10BrFN2O4. The molecule has 0 spiro atoms. The monoisotopic (exact) mass is 368 g/mol. The maximum Gasteiger partial charge on any atom is 0.271 e. The Morgan fingerprint density at radius 3 is 2.68 bits per heavy atom. The van der Waals surface area contributed by atoms with Crippen molar-refractivity contribution in [1.82, 2.24) is 0 Å². The Kier molecular flexibility index (Phi) is 4.71. The number of carbonyl (C=O) groups is 1. The van der Waals surface area contributed by atoms with E-state index in [-0.39, 0.29) is 22.7 Å². The minimum Gasteiger partial charge on any atom is -0.495 e. The van der Waals surface area contributed by atoms with Crippen molar-refractivity contribution in [2.75, 3.05) is 12.4 Å². The van der Waals surface area contributed by atoms with E-state index in [1.165, 1.54) is 37.4 Å². The smallest absolute Gasteiger partial charge is 0.271 e. The van der Waals surface area contributed by atoms with Gasteiger partial charge in [-0.1, -0.05) is 0 Å². The molecule has 0 aliphatic rings. The number of rotatable bonds is 4. The van der Waals surface area contributed by atoms with E-state index in [0.29, 0.717) is 4.47 Å². The SMILES string of the molecule is COc1ccc([N+](=O)[O-])cc1NC(=O)c1cc(F)ccc1Br. The van der Waals surface area contributed by atoms with Crippen molar-refractivity contribution in [2.45, 2.75) is 0 Å². The molecule has 0 fully saturated rings. The van der Waals surface area contributed by atoms with Crippen LogP contribution in [-0.4, -0.2) is 17.9 Å². The molecule has 0 aromatic heterocycles. The second kappa shape index (κ2) is 6.52. The number of methoxy groups -OCH3 is 1. The highest BCUT2D eigenvalue weighted by molar-refractivity contribution is 9.10. The third kappa shape index (κ3) is 3.40. The van der Waals surface area contributed by atoms with Gasteiger partial charge in [0.05, 0.1) is 23.3 Å². The van der Waals surface area contributed by atoms with Crippen molar-refractivity contribution in [2.24, 2.45) is 0 Å². The number of anilines is 1. The van der Waals surface area contributed by atoms with E-state index >= 15 is 0 Å². The molecule has 0 unspecified atom stereocenters. The molecular weight excluding hydrogens is 359 g/mol. The molecule has 8 heteroatoms. The lowest BCUT2D eigenvalue weighted by atomic mass is 10.2. The zero-order chi connectivity index (χ0) is 16.3. The van der Waals surface area contributed by atoms with Gasteiger partial charge in [0.1, 0.15) is 11.6 Å². The number of hydrogen-bond acceptors (Lipinski definition) is 4. The number of benzene rings is 2. The summed E-state index contributed by atoms with van der Waals surface area (Å²) in [7, 11) is 1.37. The summed E-state index contributed by atoms with van der Waals surface area (Å²) in [5, 5.41) is 13.3.